The van der Waals surface area contributed by atoms with E-state index >= 15 is 0 Å². The average molecular weight is 579 g/mol. The summed E-state index contributed by atoms with van der Waals surface area (Å²) in [6.45, 7) is 10.4. The first kappa shape index (κ1) is 33.0. The van der Waals surface area contributed by atoms with E-state index in [4.69, 9.17) is 9.90 Å². The number of carbonyl (C=O) groups is 2. The normalized spacial score (nSPS) is 17.2. The van der Waals surface area contributed by atoms with Gasteiger partial charge < -0.3 is 20.2 Å². The molecule has 9 nitrogen and oxygen atoms in total. The summed E-state index contributed by atoms with van der Waals surface area (Å²) >= 11 is 0. The lowest BCUT2D eigenvalue weighted by molar-refractivity contribution is -0.192. The highest BCUT2D eigenvalue weighted by atomic mass is 32.2. The highest BCUT2D eigenvalue weighted by Crippen LogP contribution is 2.19. The summed E-state index contributed by atoms with van der Waals surface area (Å²) in [6, 6.07) is 7.19. The van der Waals surface area contributed by atoms with Crippen LogP contribution in [-0.2, 0) is 26.0 Å². The molecule has 2 saturated heterocycles. The second-order valence-electron chi connectivity index (χ2n) is 10.3. The number of piperazine rings is 1. The Morgan fingerprint density at radius 3 is 2.10 bits per heavy atom. The van der Waals surface area contributed by atoms with Gasteiger partial charge in [0.15, 0.2) is 0 Å². The lowest BCUT2D eigenvalue weighted by Gasteiger charge is -2.31. The largest absolute Gasteiger partial charge is 0.490 e. The minimum atomic E-state index is -5.08. The molecule has 0 bridgehead atoms. The monoisotopic (exact) mass is 578 g/mol. The fourth-order valence-corrected chi connectivity index (χ4v) is 5.95. The van der Waals surface area contributed by atoms with E-state index in [0.29, 0.717) is 25.6 Å². The van der Waals surface area contributed by atoms with E-state index in [0.717, 1.165) is 51.1 Å². The van der Waals surface area contributed by atoms with Crippen LogP contribution in [0, 0.1) is 5.92 Å². The van der Waals surface area contributed by atoms with Gasteiger partial charge >= 0.3 is 12.1 Å². The number of alkyl halides is 3. The molecule has 2 aliphatic heterocycles. The van der Waals surface area contributed by atoms with E-state index in [1.54, 1.807) is 17.0 Å². The molecule has 0 saturated carbocycles. The van der Waals surface area contributed by atoms with Gasteiger partial charge in [-0.3, -0.25) is 4.79 Å². The number of nitrogens with zero attached hydrogens (tertiary/aromatic N) is 3. The number of carboxylic acid groups (broad SMARTS) is 1. The molecule has 1 aromatic carbocycles. The Kier molecular flexibility index (Phi) is 13.1. The van der Waals surface area contributed by atoms with Crippen LogP contribution < -0.4 is 5.32 Å². The molecule has 0 atom stereocenters. The van der Waals surface area contributed by atoms with Crippen molar-refractivity contribution in [3.63, 3.8) is 0 Å². The maximum atomic E-state index is 13.5. The molecule has 1 aromatic rings. The van der Waals surface area contributed by atoms with Crippen molar-refractivity contribution in [2.75, 3.05) is 58.9 Å². The van der Waals surface area contributed by atoms with E-state index in [2.05, 4.69) is 24.1 Å². The maximum absolute atomic E-state index is 13.5. The lowest BCUT2D eigenvalue weighted by Crippen LogP contribution is -2.50. The second kappa shape index (κ2) is 15.5. The van der Waals surface area contributed by atoms with Crippen LogP contribution in [0.3, 0.4) is 0 Å². The van der Waals surface area contributed by atoms with Crippen molar-refractivity contribution in [1.29, 1.82) is 0 Å². The number of halogens is 3. The Bertz CT molecular complexity index is 1010. The van der Waals surface area contributed by atoms with Gasteiger partial charge in [-0.05, 0) is 68.9 Å². The van der Waals surface area contributed by atoms with Crippen LogP contribution in [0.1, 0.15) is 45.1 Å². The predicted octanol–water partition coefficient (Wildman–Crippen LogP) is 2.82. The summed E-state index contributed by atoms with van der Waals surface area (Å²) in [7, 11) is -3.73. The number of aliphatic carboxylic acids is 1. The summed E-state index contributed by atoms with van der Waals surface area (Å²) in [6.07, 6.45) is 0.280. The third-order valence-electron chi connectivity index (χ3n) is 6.56. The standard InChI is InChI=1S/C24H40N4O3S.C2HF3O2/c1-21(2)19-22-7-9-23(10-8-22)32(30,31)28(16-6-15-26-13-4-3-5-14-26)20-24(29)27-17-11-25-12-18-27;3-2(4,5)1(6)7/h7-10,21,25H,3-6,11-20H2,1-2H3;(H,6,7). The number of likely N-dealkylation sites (tertiary alicyclic amines) is 1. The number of benzene rings is 1. The molecule has 2 fully saturated rings. The molecule has 3 rings (SSSR count). The van der Waals surface area contributed by atoms with E-state index in [1.807, 2.05) is 12.1 Å². The smallest absolute Gasteiger partial charge is 0.475 e. The molecule has 0 radical (unpaired) electrons. The predicted molar refractivity (Wildman–Crippen MR) is 142 cm³/mol. The van der Waals surface area contributed by atoms with Gasteiger partial charge in [0, 0.05) is 32.7 Å². The molecule has 2 heterocycles. The summed E-state index contributed by atoms with van der Waals surface area (Å²) in [5.74, 6) is -2.35. The average Bonchev–Trinajstić information content (AvgIpc) is 2.89. The van der Waals surface area contributed by atoms with Crippen molar-refractivity contribution in [2.24, 2.45) is 5.92 Å². The first-order chi connectivity index (χ1) is 18.3. The zero-order valence-corrected chi connectivity index (χ0v) is 23.6. The second-order valence-corrected chi connectivity index (χ2v) is 12.2. The quantitative estimate of drug-likeness (QED) is 0.439. The Morgan fingerprint density at radius 2 is 1.59 bits per heavy atom. The highest BCUT2D eigenvalue weighted by molar-refractivity contribution is 7.89. The van der Waals surface area contributed by atoms with E-state index < -0.39 is 22.2 Å². The maximum Gasteiger partial charge on any atom is 0.490 e. The fraction of sp³-hybridized carbons (Fsp3) is 0.692. The van der Waals surface area contributed by atoms with Crippen LogP contribution in [0.5, 0.6) is 0 Å². The Hall–Kier alpha value is -2.22. The van der Waals surface area contributed by atoms with Gasteiger partial charge in [-0.15, -0.1) is 0 Å². The zero-order valence-electron chi connectivity index (χ0n) is 22.8. The number of hydrogen-bond acceptors (Lipinski definition) is 6. The Labute approximate surface area is 229 Å². The van der Waals surface area contributed by atoms with Crippen LogP contribution in [0.15, 0.2) is 29.2 Å². The molecule has 0 aromatic heterocycles. The van der Waals surface area contributed by atoms with Gasteiger partial charge in [0.25, 0.3) is 0 Å². The van der Waals surface area contributed by atoms with Gasteiger partial charge in [0.05, 0.1) is 11.4 Å². The van der Waals surface area contributed by atoms with Crippen LogP contribution in [-0.4, -0.2) is 105 Å². The summed E-state index contributed by atoms with van der Waals surface area (Å²) in [5.41, 5.74) is 1.13. The molecular weight excluding hydrogens is 537 g/mol. The van der Waals surface area contributed by atoms with Gasteiger partial charge in [-0.2, -0.15) is 17.5 Å². The third kappa shape index (κ3) is 11.4. The van der Waals surface area contributed by atoms with Gasteiger partial charge in [-0.25, -0.2) is 13.2 Å². The van der Waals surface area contributed by atoms with Crippen LogP contribution >= 0.6 is 0 Å². The molecule has 1 amide bonds. The van der Waals surface area contributed by atoms with Gasteiger partial charge in [-0.1, -0.05) is 32.4 Å². The molecular formula is C26H41F3N4O5S. The number of nitrogens with one attached hydrogen (secondary N) is 1. The zero-order chi connectivity index (χ0) is 29.1. The molecule has 0 spiro atoms. The van der Waals surface area contributed by atoms with Crippen molar-refractivity contribution in [3.8, 4) is 0 Å². The topological polar surface area (TPSA) is 110 Å². The molecule has 222 valence electrons. The SMILES string of the molecule is CC(C)Cc1ccc(S(=O)(=O)N(CCCN2CCCCC2)CC(=O)N2CCNCC2)cc1.O=C(O)C(F)(F)F. The van der Waals surface area contributed by atoms with Crippen molar-refractivity contribution >= 4 is 21.9 Å². The minimum Gasteiger partial charge on any atom is -0.475 e. The number of carboxylic acids is 1. The van der Waals surface area contributed by atoms with Crippen LogP contribution in [0.4, 0.5) is 13.2 Å². The van der Waals surface area contributed by atoms with Gasteiger partial charge in [0.2, 0.25) is 15.9 Å². The number of carbonyl (C=O) groups excluding carboxylic acids is 1. The number of rotatable bonds is 10. The first-order valence-corrected chi connectivity index (χ1v) is 14.8. The number of sulfonamides is 1. The van der Waals surface area contributed by atoms with E-state index in [1.165, 1.54) is 23.6 Å². The molecule has 39 heavy (non-hydrogen) atoms. The molecule has 2 N–H and O–H groups in total. The van der Waals surface area contributed by atoms with Crippen molar-refractivity contribution in [3.05, 3.63) is 29.8 Å². The van der Waals surface area contributed by atoms with E-state index in [9.17, 15) is 26.4 Å². The fourth-order valence-electron chi connectivity index (χ4n) is 4.52. The highest BCUT2D eigenvalue weighted by Gasteiger charge is 2.38. The van der Waals surface area contributed by atoms with Crippen LogP contribution in [0.25, 0.3) is 0 Å². The van der Waals surface area contributed by atoms with Crippen molar-refractivity contribution < 1.29 is 36.3 Å². The third-order valence-corrected chi connectivity index (χ3v) is 8.42. The minimum absolute atomic E-state index is 0.0872. The summed E-state index contributed by atoms with van der Waals surface area (Å²) in [5, 5.41) is 10.4. The lowest BCUT2D eigenvalue weighted by atomic mass is 10.0. The Morgan fingerprint density at radius 1 is 1.03 bits per heavy atom. The van der Waals surface area contributed by atoms with Crippen molar-refractivity contribution in [2.45, 2.75) is 57.0 Å². The number of amides is 1. The first-order valence-electron chi connectivity index (χ1n) is 13.4. The summed E-state index contributed by atoms with van der Waals surface area (Å²) < 4.78 is 60.1. The van der Waals surface area contributed by atoms with Crippen molar-refractivity contribution in [1.82, 2.24) is 19.4 Å². The van der Waals surface area contributed by atoms with Gasteiger partial charge in [0.1, 0.15) is 0 Å². The molecule has 0 aliphatic carbocycles. The van der Waals surface area contributed by atoms with E-state index in [-0.39, 0.29) is 17.3 Å². The van der Waals surface area contributed by atoms with Crippen LogP contribution in [0.2, 0.25) is 0 Å². The Balaban J connectivity index is 0.000000673. The molecule has 2 aliphatic rings. The number of piperidine rings is 1. The number of hydrogen-bond donors (Lipinski definition) is 2. The summed E-state index contributed by atoms with van der Waals surface area (Å²) in [4.78, 5) is 26.3. The molecule has 13 heteroatoms. The molecule has 0 unspecified atom stereocenters.